The van der Waals surface area contributed by atoms with E-state index in [1.807, 2.05) is 78.1 Å². The average Bonchev–Trinajstić information content (AvgIpc) is 1.63. The molecule has 8 rings (SSSR count). The molecule has 0 radical (unpaired) electrons. The van der Waals surface area contributed by atoms with Crippen LogP contribution < -0.4 is 30.0 Å². The van der Waals surface area contributed by atoms with Gasteiger partial charge in [-0.15, -0.1) is 0 Å². The smallest absolute Gasteiger partial charge is 0.420 e. The molecule has 2 saturated carbocycles. The zero-order chi connectivity index (χ0) is 111. The number of phenolic OH excluding ortho intramolecular Hbond substituents is 1. The third kappa shape index (κ3) is 50.3. The van der Waals surface area contributed by atoms with Crippen LogP contribution in [0, 0.1) is 0 Å². The Morgan fingerprint density at radius 3 is 0.855 bits per heavy atom. The van der Waals surface area contributed by atoms with E-state index in [1.54, 1.807) is 281 Å². The summed E-state index contributed by atoms with van der Waals surface area (Å²) in [5.41, 5.74) is 0.387. The highest BCUT2D eigenvalue weighted by Gasteiger charge is 2.56. The van der Waals surface area contributed by atoms with Crippen molar-refractivity contribution in [2.75, 3.05) is 26.7 Å². The summed E-state index contributed by atoms with van der Waals surface area (Å²) >= 11 is 3.30. The van der Waals surface area contributed by atoms with E-state index in [1.165, 1.54) is 27.4 Å². The number of nitrogens with zero attached hydrogens (tertiary/aromatic N) is 4. The van der Waals surface area contributed by atoms with Gasteiger partial charge in [0, 0.05) is 71.8 Å². The molecule has 0 aliphatic heterocycles. The summed E-state index contributed by atoms with van der Waals surface area (Å²) in [6.07, 6.45) is -6.14. The number of aromatic hydroxyl groups is 1. The van der Waals surface area contributed by atoms with Gasteiger partial charge in [0.05, 0.1) is 47.5 Å². The standard InChI is InChI=1S/C24H31NO5.C22H32BrNO7.C22H31NO7.C17H25NO5.C12H15NO3.C10H19NO4/c1-23(2,3)29-21(26)25(22(27)30-24(4,5)6)16-19-14-10-11-15-20(19)28-17-18-12-8-7-9-13-18;1-21(2,3)30-19(26)24(20(27)31-22(4,5)6)14-15-10-8-9-11-16(15)29-17(12-13-23)18(25)28-7;1-20(2,3)29-18(25)23(19(26)30-21(4,5)6)14-15-10-8-9-11-16(15)28-22(12-13-22)17(24)27-7;1-16(2,3)22-14(20)18(15(21)23-17(4,5)6)11-12-9-7-8-10-13(12)19;1-15-11(14)12(6-7-12)16-10-5-3-2-4-9(10)8-13;1-9(2,3)14-7(12)11-8(13)15-10(4,5)6/h7-15H,16-17H2,1-6H3;8-11,17H,12-14H2,1-7H3;8-11H,12-14H2,1-7H3;7-10,19H,11H2,1-6H3;2-5H,6-8,13H2,1H3;1-6H3,(H,11,12,13). The number of alkyl carbamates (subject to hydrolysis) is 2. The van der Waals surface area contributed by atoms with Gasteiger partial charge in [-0.2, -0.15) is 0 Å². The van der Waals surface area contributed by atoms with Gasteiger partial charge in [-0.1, -0.05) is 137 Å². The number of methoxy groups -OCH3 is 3. The van der Waals surface area contributed by atoms with Crippen LogP contribution in [0.5, 0.6) is 28.7 Å². The SMILES string of the molecule is CC(C)(C)OC(=O)N(Cc1ccccc1O)C(=O)OC(C)(C)C.CC(C)(C)OC(=O)N(Cc1ccccc1OCc1ccccc1)C(=O)OC(C)(C)C.CC(C)(C)OC(=O)NC(=O)OC(C)(C)C.COC(=O)C(CCBr)Oc1ccccc1CN(C(=O)OC(C)(C)C)C(=O)OC(C)(C)C.COC(=O)C1(Oc2ccccc2CN(C(=O)OC(C)(C)C)C(=O)OC(C)(C)C)CC1.COC(=O)C1(Oc2ccccc2CN)CC1. The van der Waals surface area contributed by atoms with Gasteiger partial charge in [0.15, 0.2) is 6.10 Å². The number of nitrogens with one attached hydrogen (secondary N) is 1. The molecular weight excluding hydrogens is 1950 g/mol. The lowest BCUT2D eigenvalue weighted by Gasteiger charge is -2.29. The van der Waals surface area contributed by atoms with Crippen LogP contribution in [0.4, 0.5) is 47.9 Å². The molecule has 804 valence electrons. The van der Waals surface area contributed by atoms with Crippen LogP contribution in [-0.4, -0.2) is 204 Å². The molecule has 37 nitrogen and oxygen atoms in total. The van der Waals surface area contributed by atoms with E-state index in [0.29, 0.717) is 95.8 Å². The summed E-state index contributed by atoms with van der Waals surface area (Å²) in [5.74, 6) is 0.697. The number of esters is 3. The molecule has 0 heterocycles. The van der Waals surface area contributed by atoms with Crippen LogP contribution in [0.25, 0.3) is 0 Å². The number of imide groups is 5. The Bertz CT molecular complexity index is 5120. The monoisotopic (exact) mass is 2100 g/mol. The number of halogens is 1. The van der Waals surface area contributed by atoms with Gasteiger partial charge < -0.3 is 91.4 Å². The lowest BCUT2D eigenvalue weighted by Crippen LogP contribution is -2.43. The number of carbonyl (C=O) groups excluding carboxylic acids is 13. The largest absolute Gasteiger partial charge is 0.508 e. The number of alkyl halides is 1. The Kier molecular flexibility index (Phi) is 47.5. The van der Waals surface area contributed by atoms with Gasteiger partial charge in [-0.25, -0.2) is 87.2 Å². The lowest BCUT2D eigenvalue weighted by molar-refractivity contribution is -0.151. The molecular formula is C107H153BrN6O31. The van der Waals surface area contributed by atoms with Crippen LogP contribution in [-0.2, 0) is 115 Å². The van der Waals surface area contributed by atoms with Crippen molar-refractivity contribution >= 4 is 94.8 Å². The maximum Gasteiger partial charge on any atom is 0.420 e. The van der Waals surface area contributed by atoms with E-state index in [2.05, 4.69) is 15.9 Å². The van der Waals surface area contributed by atoms with Crippen molar-refractivity contribution in [3.05, 3.63) is 185 Å². The van der Waals surface area contributed by atoms with Crippen molar-refractivity contribution in [2.45, 2.75) is 352 Å². The number of hydrogen-bond acceptors (Lipinski definition) is 32. The molecule has 2 aliphatic carbocycles. The van der Waals surface area contributed by atoms with Gasteiger partial charge >= 0.3 is 78.8 Å². The Hall–Kier alpha value is -13.1. The van der Waals surface area contributed by atoms with E-state index in [4.69, 9.17) is 86.3 Å². The summed E-state index contributed by atoms with van der Waals surface area (Å²) in [4.78, 5) is 163. The summed E-state index contributed by atoms with van der Waals surface area (Å²) < 4.78 is 90.5. The number of ether oxygens (including phenoxy) is 17. The minimum Gasteiger partial charge on any atom is -0.508 e. The van der Waals surface area contributed by atoms with Crippen LogP contribution in [0.15, 0.2) is 152 Å². The van der Waals surface area contributed by atoms with Gasteiger partial charge in [0.1, 0.15) is 91.4 Å². The molecule has 0 saturated heterocycles. The number of nitrogens with two attached hydrogens (primary N) is 1. The summed E-state index contributed by atoms with van der Waals surface area (Å²) in [6, 6.07) is 44.7. The van der Waals surface area contributed by atoms with Gasteiger partial charge in [-0.05, 0) is 244 Å². The molecule has 4 N–H and O–H groups in total. The molecule has 145 heavy (non-hydrogen) atoms. The number of phenols is 1. The van der Waals surface area contributed by atoms with Crippen LogP contribution in [0.2, 0.25) is 0 Å². The molecule has 0 aromatic heterocycles. The second kappa shape index (κ2) is 54.7. The number of benzene rings is 6. The minimum atomic E-state index is -1.02. The lowest BCUT2D eigenvalue weighted by atomic mass is 10.1. The van der Waals surface area contributed by atoms with Crippen molar-refractivity contribution in [3.63, 3.8) is 0 Å². The highest BCUT2D eigenvalue weighted by Crippen LogP contribution is 2.44. The van der Waals surface area contributed by atoms with E-state index in [9.17, 15) is 67.4 Å². The summed E-state index contributed by atoms with van der Waals surface area (Å²) in [7, 11) is 3.97. The van der Waals surface area contributed by atoms with Crippen molar-refractivity contribution in [1.82, 2.24) is 24.9 Å². The molecule has 6 aromatic carbocycles. The second-order valence-corrected chi connectivity index (χ2v) is 43.9. The quantitative estimate of drug-likeness (QED) is 0.0305. The fourth-order valence-electron chi connectivity index (χ4n) is 11.5. The predicted molar refractivity (Wildman–Crippen MR) is 544 cm³/mol. The Morgan fingerprint density at radius 1 is 0.331 bits per heavy atom. The van der Waals surface area contributed by atoms with Gasteiger partial charge in [0.25, 0.3) is 0 Å². The van der Waals surface area contributed by atoms with Crippen LogP contribution in [0.3, 0.4) is 0 Å². The molecule has 1 atom stereocenters. The minimum absolute atomic E-state index is 0.00961. The average molecular weight is 2100 g/mol. The topological polar surface area (TPSA) is 450 Å². The van der Waals surface area contributed by atoms with E-state index in [-0.39, 0.29) is 37.9 Å². The third-order valence-corrected chi connectivity index (χ3v) is 18.3. The first-order valence-electron chi connectivity index (χ1n) is 47.1. The van der Waals surface area contributed by atoms with Crippen molar-refractivity contribution in [1.29, 1.82) is 0 Å². The highest BCUT2D eigenvalue weighted by atomic mass is 79.9. The maximum atomic E-state index is 12.8. The molecule has 6 aromatic rings. The molecule has 2 aliphatic rings. The molecule has 1 unspecified atom stereocenters. The second-order valence-electron chi connectivity index (χ2n) is 43.1. The van der Waals surface area contributed by atoms with Gasteiger partial charge in [-0.3, -0.25) is 0 Å². The molecule has 38 heteroatoms. The van der Waals surface area contributed by atoms with Gasteiger partial charge in [0.2, 0.25) is 11.2 Å². The fraction of sp³-hybridized carbons (Fsp3) is 0.542. The van der Waals surface area contributed by atoms with Crippen LogP contribution in [0.1, 0.15) is 273 Å². The van der Waals surface area contributed by atoms with E-state index >= 15 is 0 Å². The van der Waals surface area contributed by atoms with Crippen molar-refractivity contribution in [2.24, 2.45) is 5.73 Å². The number of amides is 10. The normalized spacial score (nSPS) is 13.1. The fourth-order valence-corrected chi connectivity index (χ4v) is 11.9. The Morgan fingerprint density at radius 2 is 0.579 bits per heavy atom. The number of carbonyl (C=O) groups is 13. The molecule has 10 amide bonds. The Balaban J connectivity index is 0.000000455. The summed E-state index contributed by atoms with van der Waals surface area (Å²) in [5, 5.41) is 12.4. The zero-order valence-electron chi connectivity index (χ0n) is 90.4. The summed E-state index contributed by atoms with van der Waals surface area (Å²) in [6.45, 7) is 51.7. The predicted octanol–water partition coefficient (Wildman–Crippen LogP) is 23.2. The maximum absolute atomic E-state index is 12.8. The van der Waals surface area contributed by atoms with Crippen molar-refractivity contribution in [3.8, 4) is 28.7 Å². The first-order chi connectivity index (χ1) is 66.6. The van der Waals surface area contributed by atoms with Crippen LogP contribution >= 0.6 is 15.9 Å². The highest BCUT2D eigenvalue weighted by molar-refractivity contribution is 9.09. The zero-order valence-corrected chi connectivity index (χ0v) is 92.0. The van der Waals surface area contributed by atoms with Crippen molar-refractivity contribution < 1.29 is 148 Å². The van der Waals surface area contributed by atoms with E-state index in [0.717, 1.165) is 30.7 Å². The first kappa shape index (κ1) is 126. The number of hydrogen-bond donors (Lipinski definition) is 3. The molecule has 0 spiro atoms. The molecule has 2 fully saturated rings. The first-order valence-corrected chi connectivity index (χ1v) is 48.2. The van der Waals surface area contributed by atoms with E-state index < -0.39 is 146 Å². The number of rotatable bonds is 23. The number of para-hydroxylation sites is 5. The molecule has 0 bridgehead atoms. The third-order valence-electron chi connectivity index (χ3n) is 17.8. The Labute approximate surface area is 861 Å².